The normalized spacial score (nSPS) is 9.21. The first kappa shape index (κ1) is 38.5. The van der Waals surface area contributed by atoms with Crippen LogP contribution >= 0.6 is 0 Å². The third-order valence-corrected chi connectivity index (χ3v) is 3.91. The van der Waals surface area contributed by atoms with E-state index in [1.807, 2.05) is 20.8 Å². The molecular weight excluding hydrogens is 515 g/mol. The van der Waals surface area contributed by atoms with E-state index < -0.39 is 17.9 Å². The van der Waals surface area contributed by atoms with E-state index in [1.54, 1.807) is 20.8 Å². The van der Waals surface area contributed by atoms with Crippen molar-refractivity contribution >= 4 is 35.3 Å². The molecule has 0 aromatic rings. The van der Waals surface area contributed by atoms with Crippen LogP contribution < -0.4 is 0 Å². The minimum absolute atomic E-state index is 0.0817. The summed E-state index contributed by atoms with van der Waals surface area (Å²) in [6, 6.07) is 0. The van der Waals surface area contributed by atoms with Gasteiger partial charge in [0.05, 0.1) is 19.8 Å². The number of esters is 3. The SMILES string of the molecule is CC(C)(C)[O][Zr].CCOC(=O)CC(C)=O.CCOC(=O)CC(C)=O.CCOC(=O)CC(C)=O. The second kappa shape index (κ2) is 24.9. The summed E-state index contributed by atoms with van der Waals surface area (Å²) in [7, 11) is 0. The zero-order valence-corrected chi connectivity index (χ0v) is 23.8. The van der Waals surface area contributed by atoms with Gasteiger partial charge in [-0.1, -0.05) is 0 Å². The molecule has 0 amide bonds. The Bertz CT molecular complexity index is 523. The zero-order valence-electron chi connectivity index (χ0n) is 21.3. The van der Waals surface area contributed by atoms with E-state index in [0.717, 1.165) is 25.2 Å². The molecule has 0 aliphatic heterocycles. The van der Waals surface area contributed by atoms with Crippen molar-refractivity contribution in [1.29, 1.82) is 0 Å². The van der Waals surface area contributed by atoms with E-state index in [4.69, 9.17) is 2.81 Å². The maximum Gasteiger partial charge on any atom is 0.313 e. The summed E-state index contributed by atoms with van der Waals surface area (Å²) in [5.41, 5.74) is 0.0817. The number of carbonyl (C=O) groups is 6. The number of Topliss-reactive ketones (excluding diaryl/α,β-unsaturated/α-hetero) is 3. The second-order valence-corrected chi connectivity index (χ2v) is 7.77. The molecule has 0 fully saturated rings. The summed E-state index contributed by atoms with van der Waals surface area (Å²) in [6.45, 7) is 16.3. The molecule has 0 aromatic carbocycles. The number of hydrogen-bond acceptors (Lipinski definition) is 10. The molecule has 0 bridgehead atoms. The third-order valence-electron chi connectivity index (χ3n) is 2.40. The van der Waals surface area contributed by atoms with E-state index in [2.05, 4.69) is 14.2 Å². The molecule has 0 aliphatic carbocycles. The van der Waals surface area contributed by atoms with Crippen LogP contribution in [0.3, 0.4) is 0 Å². The Morgan fingerprint density at radius 2 is 0.758 bits per heavy atom. The fraction of sp³-hybridized carbons (Fsp3) is 0.727. The Balaban J connectivity index is -0.000000172. The monoisotopic (exact) mass is 553 g/mol. The maximum absolute atomic E-state index is 10.4. The van der Waals surface area contributed by atoms with Gasteiger partial charge in [-0.05, 0) is 41.5 Å². The third kappa shape index (κ3) is 48.8. The molecule has 0 N–H and O–H groups in total. The van der Waals surface area contributed by atoms with Gasteiger partial charge in [-0.15, -0.1) is 0 Å². The van der Waals surface area contributed by atoms with Crippen LogP contribution in [0.2, 0.25) is 0 Å². The first-order valence-corrected chi connectivity index (χ1v) is 11.4. The van der Waals surface area contributed by atoms with Gasteiger partial charge < -0.3 is 14.2 Å². The molecule has 0 atom stereocenters. The molecule has 0 rings (SSSR count). The Hall–Kier alpha value is -1.74. The van der Waals surface area contributed by atoms with Crippen molar-refractivity contribution in [2.75, 3.05) is 19.8 Å². The molecule has 0 aromatic heterocycles. The van der Waals surface area contributed by atoms with Gasteiger partial charge in [-0.2, -0.15) is 0 Å². The summed E-state index contributed by atoms with van der Waals surface area (Å²) in [5, 5.41) is 0. The Morgan fingerprint density at radius 3 is 0.848 bits per heavy atom. The standard InChI is InChI=1S/3C6H10O3.C4H9O.Zr/c3*1-3-9-6(8)4-5(2)7;1-4(2,3)5;/h3*3-4H2,1-2H3;1-3H3;/q;;;-1;+1. The predicted molar refractivity (Wildman–Crippen MR) is 117 cm³/mol. The zero-order chi connectivity index (χ0) is 27.0. The van der Waals surface area contributed by atoms with Gasteiger partial charge >= 0.3 is 72.3 Å². The molecule has 0 saturated heterocycles. The van der Waals surface area contributed by atoms with Gasteiger partial charge in [0, 0.05) is 0 Å². The van der Waals surface area contributed by atoms with Crippen molar-refractivity contribution in [2.24, 2.45) is 0 Å². The number of carbonyl (C=O) groups excluding carboxylic acids is 6. The van der Waals surface area contributed by atoms with Crippen LogP contribution in [-0.2, 0) is 71.0 Å². The Labute approximate surface area is 212 Å². The van der Waals surface area contributed by atoms with Gasteiger partial charge in [-0.25, -0.2) is 0 Å². The smallest absolute Gasteiger partial charge is 0.313 e. The van der Waals surface area contributed by atoms with Crippen LogP contribution in [0, 0.1) is 0 Å². The largest absolute Gasteiger partial charge is 0.466 e. The van der Waals surface area contributed by atoms with Crippen LogP contribution in [0.4, 0.5) is 0 Å². The number of ketones is 3. The molecule has 0 spiro atoms. The van der Waals surface area contributed by atoms with Gasteiger partial charge in [0.15, 0.2) is 0 Å². The summed E-state index contributed by atoms with van der Waals surface area (Å²) in [5.74, 6) is -1.80. The Morgan fingerprint density at radius 1 is 0.576 bits per heavy atom. The first-order valence-electron chi connectivity index (χ1n) is 10.4. The van der Waals surface area contributed by atoms with Crippen LogP contribution in [0.5, 0.6) is 0 Å². The van der Waals surface area contributed by atoms with E-state index in [0.29, 0.717) is 19.8 Å². The molecular formula is C22H39O10Zr. The Kier molecular flexibility index (Phi) is 29.1. The quantitative estimate of drug-likeness (QED) is 0.237. The van der Waals surface area contributed by atoms with Crippen molar-refractivity contribution in [3.63, 3.8) is 0 Å². The molecule has 0 unspecified atom stereocenters. The number of hydrogen-bond donors (Lipinski definition) is 0. The summed E-state index contributed by atoms with van der Waals surface area (Å²) >= 11 is 1.15. The minimum Gasteiger partial charge on any atom is -0.466 e. The topological polar surface area (TPSA) is 139 Å². The number of ether oxygens (including phenoxy) is 3. The molecule has 0 radical (unpaired) electrons. The van der Waals surface area contributed by atoms with Crippen LogP contribution in [0.25, 0.3) is 0 Å². The molecule has 10 nitrogen and oxygen atoms in total. The minimum atomic E-state index is -0.440. The van der Waals surface area contributed by atoms with E-state index in [9.17, 15) is 28.8 Å². The van der Waals surface area contributed by atoms with Crippen LogP contribution in [0.15, 0.2) is 0 Å². The maximum atomic E-state index is 10.4. The number of rotatable bonds is 9. The molecule has 0 heterocycles. The first-order chi connectivity index (χ1) is 15.1. The molecule has 11 heteroatoms. The van der Waals surface area contributed by atoms with Gasteiger partial charge in [0.1, 0.15) is 36.6 Å². The van der Waals surface area contributed by atoms with Crippen molar-refractivity contribution in [3.05, 3.63) is 0 Å². The predicted octanol–water partition coefficient (Wildman–Crippen LogP) is 2.85. The molecule has 33 heavy (non-hydrogen) atoms. The summed E-state index contributed by atoms with van der Waals surface area (Å²) in [6.07, 6.45) is -0.310. The molecule has 191 valence electrons. The van der Waals surface area contributed by atoms with Crippen LogP contribution in [-0.4, -0.2) is 60.7 Å². The van der Waals surface area contributed by atoms with Crippen LogP contribution in [0.1, 0.15) is 81.6 Å². The summed E-state index contributed by atoms with van der Waals surface area (Å²) in [4.78, 5) is 61.9. The second-order valence-electron chi connectivity index (χ2n) is 7.27. The molecule has 0 saturated carbocycles. The van der Waals surface area contributed by atoms with Crippen molar-refractivity contribution in [1.82, 2.24) is 0 Å². The van der Waals surface area contributed by atoms with Crippen molar-refractivity contribution in [3.8, 4) is 0 Å². The van der Waals surface area contributed by atoms with Crippen molar-refractivity contribution in [2.45, 2.75) is 87.2 Å². The average molecular weight is 555 g/mol. The van der Waals surface area contributed by atoms with Crippen molar-refractivity contribution < 1.29 is 71.0 Å². The van der Waals surface area contributed by atoms with Gasteiger partial charge in [0.2, 0.25) is 0 Å². The van der Waals surface area contributed by atoms with E-state index in [1.165, 1.54) is 20.8 Å². The molecule has 0 aliphatic rings. The fourth-order valence-electron chi connectivity index (χ4n) is 1.25. The average Bonchev–Trinajstić information content (AvgIpc) is 2.61. The summed E-state index contributed by atoms with van der Waals surface area (Å²) < 4.78 is 18.5. The van der Waals surface area contributed by atoms with Gasteiger partial charge in [0.25, 0.3) is 0 Å². The van der Waals surface area contributed by atoms with Gasteiger partial charge in [-0.3, -0.25) is 28.8 Å². The van der Waals surface area contributed by atoms with E-state index in [-0.39, 0.29) is 42.2 Å². The van der Waals surface area contributed by atoms with E-state index >= 15 is 0 Å². The fourth-order valence-corrected chi connectivity index (χ4v) is 1.25.